The van der Waals surface area contributed by atoms with Gasteiger partial charge in [-0.1, -0.05) is 18.2 Å². The summed E-state index contributed by atoms with van der Waals surface area (Å²) in [7, 11) is 3.73. The molecule has 196 valence electrons. The maximum Gasteiger partial charge on any atom is 0.317 e. The number of nitrogens with one attached hydrogen (secondary N) is 2. The van der Waals surface area contributed by atoms with Crippen LogP contribution >= 0.6 is 0 Å². The van der Waals surface area contributed by atoms with Crippen molar-refractivity contribution in [2.75, 3.05) is 44.1 Å². The number of benzene rings is 2. The van der Waals surface area contributed by atoms with E-state index in [1.165, 1.54) is 0 Å². The van der Waals surface area contributed by atoms with Crippen LogP contribution in [0.4, 0.5) is 11.4 Å². The number of aliphatic carboxylic acids is 1. The van der Waals surface area contributed by atoms with Crippen LogP contribution in [-0.2, 0) is 9.59 Å². The summed E-state index contributed by atoms with van der Waals surface area (Å²) in [6, 6.07) is 11.3. The van der Waals surface area contributed by atoms with Crippen molar-refractivity contribution in [2.45, 2.75) is 32.6 Å². The Labute approximate surface area is 216 Å². The molecule has 37 heavy (non-hydrogen) atoms. The molecule has 1 fully saturated rings. The number of anilines is 2. The van der Waals surface area contributed by atoms with Gasteiger partial charge in [-0.05, 0) is 80.6 Å². The number of carboxylic acid groups (broad SMARTS) is 1. The third-order valence-corrected chi connectivity index (χ3v) is 6.75. The lowest BCUT2D eigenvalue weighted by molar-refractivity contribution is -0.138. The van der Waals surface area contributed by atoms with Crippen LogP contribution < -0.4 is 15.8 Å². The number of amides is 1. The lowest BCUT2D eigenvalue weighted by atomic mass is 9.88. The van der Waals surface area contributed by atoms with Crippen LogP contribution in [0.5, 0.6) is 5.75 Å². The summed E-state index contributed by atoms with van der Waals surface area (Å²) in [6.07, 6.45) is 3.29. The Kier molecular flexibility index (Phi) is 7.68. The number of carbonyl (C=O) groups excluding carboxylic acids is 1. The molecule has 2 aliphatic rings. The third-order valence-electron chi connectivity index (χ3n) is 6.75. The predicted octanol–water partition coefficient (Wildman–Crippen LogP) is 3.00. The Morgan fingerprint density at radius 2 is 1.86 bits per heavy atom. The van der Waals surface area contributed by atoms with Gasteiger partial charge in [0.2, 0.25) is 5.84 Å². The molecule has 2 aromatic carbocycles. The average Bonchev–Trinajstić information content (AvgIpc) is 3.14. The number of aryl methyl sites for hydroxylation is 2. The number of rotatable bonds is 7. The van der Waals surface area contributed by atoms with Crippen LogP contribution in [0.15, 0.2) is 53.4 Å². The molecule has 10 nitrogen and oxygen atoms in total. The van der Waals surface area contributed by atoms with Crippen molar-refractivity contribution < 1.29 is 19.8 Å². The van der Waals surface area contributed by atoms with Crippen molar-refractivity contribution in [3.8, 4) is 5.75 Å². The average molecular weight is 507 g/mol. The largest absolute Gasteiger partial charge is 0.505 e. The zero-order valence-electron chi connectivity index (χ0n) is 21.7. The molecule has 0 radical (unpaired) electrons. The number of aliphatic imine (C=N–C) groups is 1. The summed E-state index contributed by atoms with van der Waals surface area (Å²) in [5, 5.41) is 20.0. The van der Waals surface area contributed by atoms with Crippen LogP contribution in [-0.4, -0.2) is 71.5 Å². The van der Waals surface area contributed by atoms with Crippen LogP contribution in [0, 0.1) is 13.8 Å². The number of nitrogens with zero attached hydrogens (tertiary/aromatic N) is 4. The SMILES string of the molecule is Cc1ccc(N2C(=O)C(NNc3cccc(C4CCN(CC(=O)O)CC4)c3O)=NC2=CN(C)C)cc1C. The van der Waals surface area contributed by atoms with Crippen molar-refractivity contribution in [2.24, 2.45) is 4.99 Å². The van der Waals surface area contributed by atoms with Gasteiger partial charge >= 0.3 is 11.9 Å². The number of amidine groups is 1. The highest BCUT2D eigenvalue weighted by molar-refractivity contribution is 6.46. The Balaban J connectivity index is 1.49. The van der Waals surface area contributed by atoms with Crippen LogP contribution in [0.3, 0.4) is 0 Å². The molecule has 0 unspecified atom stereocenters. The highest BCUT2D eigenvalue weighted by Crippen LogP contribution is 2.37. The normalized spacial score (nSPS) is 17.7. The van der Waals surface area contributed by atoms with E-state index in [1.807, 2.05) is 68.1 Å². The van der Waals surface area contributed by atoms with E-state index in [4.69, 9.17) is 5.11 Å². The molecule has 1 saturated heterocycles. The van der Waals surface area contributed by atoms with Gasteiger partial charge in [-0.3, -0.25) is 30.2 Å². The number of hydrogen-bond donors (Lipinski definition) is 4. The molecular formula is C27H34N6O4. The number of phenols is 1. The number of hydrogen-bond acceptors (Lipinski definition) is 8. The van der Waals surface area contributed by atoms with E-state index in [0.717, 1.165) is 35.2 Å². The number of likely N-dealkylation sites (tertiary alicyclic amines) is 1. The fraction of sp³-hybridized carbons (Fsp3) is 0.370. The molecule has 2 aromatic rings. The molecule has 0 spiro atoms. The summed E-state index contributed by atoms with van der Waals surface area (Å²) in [6.45, 7) is 5.38. The van der Waals surface area contributed by atoms with Crippen molar-refractivity contribution in [3.05, 3.63) is 65.1 Å². The van der Waals surface area contributed by atoms with E-state index in [2.05, 4.69) is 15.8 Å². The van der Waals surface area contributed by atoms with Crippen LogP contribution in [0.25, 0.3) is 0 Å². The zero-order valence-corrected chi connectivity index (χ0v) is 21.7. The van der Waals surface area contributed by atoms with E-state index < -0.39 is 5.97 Å². The first-order valence-electron chi connectivity index (χ1n) is 12.3. The molecule has 0 aromatic heterocycles. The Morgan fingerprint density at radius 1 is 1.14 bits per heavy atom. The summed E-state index contributed by atoms with van der Waals surface area (Å²) in [5.74, 6) is -0.334. The van der Waals surface area contributed by atoms with Gasteiger partial charge in [0.05, 0.1) is 17.9 Å². The molecular weight excluding hydrogens is 472 g/mol. The molecule has 2 aliphatic heterocycles. The maximum atomic E-state index is 13.3. The number of carbonyl (C=O) groups is 2. The van der Waals surface area contributed by atoms with Gasteiger partial charge in [0.25, 0.3) is 0 Å². The number of aromatic hydroxyl groups is 1. The number of piperidine rings is 1. The van der Waals surface area contributed by atoms with Crippen molar-refractivity contribution in [3.63, 3.8) is 0 Å². The first kappa shape index (κ1) is 26.0. The molecule has 2 heterocycles. The van der Waals surface area contributed by atoms with E-state index in [0.29, 0.717) is 24.6 Å². The smallest absolute Gasteiger partial charge is 0.317 e. The summed E-state index contributed by atoms with van der Waals surface area (Å²) >= 11 is 0. The van der Waals surface area contributed by atoms with Gasteiger partial charge in [-0.15, -0.1) is 0 Å². The minimum atomic E-state index is -0.831. The topological polar surface area (TPSA) is 121 Å². The second-order valence-electron chi connectivity index (χ2n) is 9.76. The minimum absolute atomic E-state index is 0.0315. The fourth-order valence-electron chi connectivity index (χ4n) is 4.65. The first-order chi connectivity index (χ1) is 17.6. The maximum absolute atomic E-state index is 13.3. The van der Waals surface area contributed by atoms with E-state index in [-0.39, 0.29) is 30.0 Å². The number of carboxylic acids is 1. The Morgan fingerprint density at radius 3 is 2.51 bits per heavy atom. The van der Waals surface area contributed by atoms with Gasteiger partial charge in [-0.25, -0.2) is 4.99 Å². The summed E-state index contributed by atoms with van der Waals surface area (Å²) in [5.41, 5.74) is 10.0. The highest BCUT2D eigenvalue weighted by Gasteiger charge is 2.32. The van der Waals surface area contributed by atoms with Gasteiger partial charge in [0, 0.05) is 20.3 Å². The standard InChI is InChI=1S/C27H34N6O4/c1-17-8-9-20(14-18(17)2)33-23(15-31(3)4)28-26(27(33)37)30-29-22-7-5-6-21(25(22)36)19-10-12-32(13-11-19)16-24(34)35/h5-9,14-15,19,29,36H,10-13,16H2,1-4H3,(H,28,30)(H,34,35). The Hall–Kier alpha value is -4.05. The monoisotopic (exact) mass is 506 g/mol. The molecule has 0 saturated carbocycles. The van der Waals surface area contributed by atoms with Crippen molar-refractivity contribution >= 4 is 29.1 Å². The van der Waals surface area contributed by atoms with E-state index in [9.17, 15) is 14.7 Å². The first-order valence-corrected chi connectivity index (χ1v) is 12.3. The van der Waals surface area contributed by atoms with Crippen molar-refractivity contribution in [1.29, 1.82) is 0 Å². The van der Waals surface area contributed by atoms with E-state index in [1.54, 1.807) is 17.2 Å². The second-order valence-corrected chi connectivity index (χ2v) is 9.76. The quantitative estimate of drug-likeness (QED) is 0.334. The van der Waals surface area contributed by atoms with Gasteiger partial charge in [0.1, 0.15) is 5.75 Å². The van der Waals surface area contributed by atoms with Crippen LogP contribution in [0.1, 0.15) is 35.4 Å². The second kappa shape index (κ2) is 10.9. The molecule has 4 N–H and O–H groups in total. The molecule has 4 rings (SSSR count). The number of phenolic OH excluding ortho intramolecular Hbond substituents is 1. The Bertz CT molecular complexity index is 1250. The third kappa shape index (κ3) is 5.86. The minimum Gasteiger partial charge on any atom is -0.505 e. The number of para-hydroxylation sites is 1. The highest BCUT2D eigenvalue weighted by atomic mass is 16.4. The lowest BCUT2D eigenvalue weighted by Gasteiger charge is -2.31. The summed E-state index contributed by atoms with van der Waals surface area (Å²) < 4.78 is 0. The molecule has 0 bridgehead atoms. The fourth-order valence-corrected chi connectivity index (χ4v) is 4.65. The molecule has 10 heteroatoms. The number of hydrazine groups is 1. The molecule has 0 aliphatic carbocycles. The van der Waals surface area contributed by atoms with Crippen LogP contribution in [0.2, 0.25) is 0 Å². The summed E-state index contributed by atoms with van der Waals surface area (Å²) in [4.78, 5) is 34.1. The molecule has 0 atom stereocenters. The lowest BCUT2D eigenvalue weighted by Crippen LogP contribution is -2.39. The van der Waals surface area contributed by atoms with Gasteiger partial charge in [0.15, 0.2) is 5.82 Å². The van der Waals surface area contributed by atoms with Crippen molar-refractivity contribution in [1.82, 2.24) is 15.2 Å². The van der Waals surface area contributed by atoms with Gasteiger partial charge in [-0.2, -0.15) is 0 Å². The van der Waals surface area contributed by atoms with E-state index >= 15 is 0 Å². The van der Waals surface area contributed by atoms with Gasteiger partial charge < -0.3 is 15.1 Å². The molecule has 1 amide bonds. The zero-order chi connectivity index (χ0) is 26.7. The predicted molar refractivity (Wildman–Crippen MR) is 144 cm³/mol.